The van der Waals surface area contributed by atoms with Crippen molar-refractivity contribution in [1.82, 2.24) is 9.97 Å². The van der Waals surface area contributed by atoms with Gasteiger partial charge < -0.3 is 0 Å². The van der Waals surface area contributed by atoms with Crippen LogP contribution < -0.4 is 0 Å². The zero-order chi connectivity index (χ0) is 45.0. The summed E-state index contributed by atoms with van der Waals surface area (Å²) in [6.45, 7) is 0. The number of nitrogens with zero attached hydrogens (tertiary/aromatic N) is 2. The third-order valence-electron chi connectivity index (χ3n) is 13.8. The molecule has 0 aliphatic heterocycles. The van der Waals surface area contributed by atoms with Crippen LogP contribution in [0, 0.1) is 0 Å². The van der Waals surface area contributed by atoms with Crippen molar-refractivity contribution in [1.29, 1.82) is 0 Å². The van der Waals surface area contributed by atoms with Crippen molar-refractivity contribution in [3.05, 3.63) is 277 Å². The third-order valence-corrected chi connectivity index (χ3v) is 15.0. The Morgan fingerprint density at radius 1 is 0.324 bits per heavy atom. The largest absolute Gasteiger partial charge is 0.226 e. The second-order valence-electron chi connectivity index (χ2n) is 17.6. The molecule has 68 heavy (non-hydrogen) atoms. The third kappa shape index (κ3) is 6.46. The summed E-state index contributed by atoms with van der Waals surface area (Å²) in [5.41, 5.74) is 20.5. The van der Waals surface area contributed by atoms with Gasteiger partial charge in [-0.2, -0.15) is 0 Å². The summed E-state index contributed by atoms with van der Waals surface area (Å²) >= 11 is 1.76. The topological polar surface area (TPSA) is 25.8 Å². The first-order chi connectivity index (χ1) is 33.7. The van der Waals surface area contributed by atoms with Crippen LogP contribution in [0.3, 0.4) is 0 Å². The van der Waals surface area contributed by atoms with Crippen LogP contribution in [-0.2, 0) is 5.41 Å². The Hall–Kier alpha value is -8.50. The first kappa shape index (κ1) is 39.8. The Labute approximate surface area is 400 Å². The number of rotatable bonds is 8. The second kappa shape index (κ2) is 16.4. The van der Waals surface area contributed by atoms with Crippen LogP contribution in [0.5, 0.6) is 0 Å². The first-order valence-corrected chi connectivity index (χ1v) is 24.0. The van der Waals surface area contributed by atoms with Crippen LogP contribution in [0.4, 0.5) is 0 Å². The van der Waals surface area contributed by atoms with E-state index in [0.717, 1.165) is 54.7 Å². The average Bonchev–Trinajstić information content (AvgIpc) is 3.95. The summed E-state index contributed by atoms with van der Waals surface area (Å²) in [6.07, 6.45) is 0. The summed E-state index contributed by atoms with van der Waals surface area (Å²) in [7, 11) is 0. The molecule has 13 rings (SSSR count). The fraction of sp³-hybridized carbons (Fsp3) is 0.0154. The number of hydrogen-bond donors (Lipinski definition) is 0. The molecule has 3 heteroatoms. The zero-order valence-electron chi connectivity index (χ0n) is 37.1. The highest BCUT2D eigenvalue weighted by Crippen LogP contribution is 2.57. The SMILES string of the molecule is c1ccc(-c2cc(-c3ccc(-c4nc(-c5ccccc5)c5sc6ccccc6c5n4)cc3)c(-c3ccccc3)c(-c3ccc4c(c3)-c3ccccc3C4(c3ccccc3)c3ccccc3)c2)cc1. The van der Waals surface area contributed by atoms with Crippen molar-refractivity contribution in [3.8, 4) is 78.3 Å². The lowest BCUT2D eigenvalue weighted by Gasteiger charge is -2.34. The maximum atomic E-state index is 5.30. The van der Waals surface area contributed by atoms with E-state index >= 15 is 0 Å². The van der Waals surface area contributed by atoms with E-state index in [2.05, 4.69) is 255 Å². The van der Waals surface area contributed by atoms with Crippen LogP contribution in [0.15, 0.2) is 255 Å². The molecular formula is C65H42N2S. The Bertz CT molecular complexity index is 3770. The molecule has 0 fully saturated rings. The maximum Gasteiger partial charge on any atom is 0.160 e. The first-order valence-electron chi connectivity index (χ1n) is 23.2. The molecule has 0 radical (unpaired) electrons. The Kier molecular flexibility index (Phi) is 9.62. The Balaban J connectivity index is 1.02. The Morgan fingerprint density at radius 3 is 1.50 bits per heavy atom. The van der Waals surface area contributed by atoms with Crippen molar-refractivity contribution < 1.29 is 0 Å². The van der Waals surface area contributed by atoms with E-state index in [-0.39, 0.29) is 0 Å². The minimum atomic E-state index is -0.472. The van der Waals surface area contributed by atoms with Gasteiger partial charge in [0.15, 0.2) is 5.82 Å². The Morgan fingerprint density at radius 2 is 0.824 bits per heavy atom. The number of thiophene rings is 1. The minimum Gasteiger partial charge on any atom is -0.226 e. The zero-order valence-corrected chi connectivity index (χ0v) is 37.9. The molecule has 1 aliphatic carbocycles. The van der Waals surface area contributed by atoms with Gasteiger partial charge >= 0.3 is 0 Å². The van der Waals surface area contributed by atoms with Gasteiger partial charge in [-0.25, -0.2) is 9.97 Å². The number of aromatic nitrogens is 2. The van der Waals surface area contributed by atoms with Crippen molar-refractivity contribution in [2.45, 2.75) is 5.41 Å². The van der Waals surface area contributed by atoms with E-state index in [0.29, 0.717) is 5.82 Å². The van der Waals surface area contributed by atoms with E-state index < -0.39 is 5.41 Å². The van der Waals surface area contributed by atoms with Gasteiger partial charge in [0.2, 0.25) is 0 Å². The predicted octanol–water partition coefficient (Wildman–Crippen LogP) is 17.2. The van der Waals surface area contributed by atoms with Crippen LogP contribution >= 0.6 is 11.3 Å². The van der Waals surface area contributed by atoms with Gasteiger partial charge in [-0.1, -0.05) is 231 Å². The van der Waals surface area contributed by atoms with Gasteiger partial charge in [-0.05, 0) is 102 Å². The highest BCUT2D eigenvalue weighted by Gasteiger charge is 2.46. The molecule has 318 valence electrons. The number of fused-ring (bicyclic) bond motifs is 6. The van der Waals surface area contributed by atoms with Crippen molar-refractivity contribution in [2.24, 2.45) is 0 Å². The molecule has 0 saturated carbocycles. The molecule has 12 aromatic rings. The second-order valence-corrected chi connectivity index (χ2v) is 18.6. The number of hydrogen-bond acceptors (Lipinski definition) is 3. The quantitative estimate of drug-likeness (QED) is 0.152. The normalized spacial score (nSPS) is 12.5. The van der Waals surface area contributed by atoms with Crippen molar-refractivity contribution in [3.63, 3.8) is 0 Å². The van der Waals surface area contributed by atoms with E-state index in [1.54, 1.807) is 11.3 Å². The molecular weight excluding hydrogens is 841 g/mol. The lowest BCUT2D eigenvalue weighted by molar-refractivity contribution is 0.768. The molecule has 0 unspecified atom stereocenters. The van der Waals surface area contributed by atoms with E-state index in [1.165, 1.54) is 60.3 Å². The monoisotopic (exact) mass is 882 g/mol. The molecule has 2 nitrogen and oxygen atoms in total. The summed E-state index contributed by atoms with van der Waals surface area (Å²) < 4.78 is 2.32. The molecule has 0 saturated heterocycles. The van der Waals surface area contributed by atoms with Gasteiger partial charge in [0.25, 0.3) is 0 Å². The van der Waals surface area contributed by atoms with Crippen LogP contribution in [0.1, 0.15) is 22.3 Å². The van der Waals surface area contributed by atoms with Gasteiger partial charge in [-0.3, -0.25) is 0 Å². The average molecular weight is 883 g/mol. The molecule has 1 aliphatic rings. The number of benzene rings is 10. The summed E-state index contributed by atoms with van der Waals surface area (Å²) in [4.78, 5) is 10.6. The minimum absolute atomic E-state index is 0.472. The van der Waals surface area contributed by atoms with Gasteiger partial charge in [0, 0.05) is 21.2 Å². The summed E-state index contributed by atoms with van der Waals surface area (Å²) in [5, 5.41) is 1.16. The van der Waals surface area contributed by atoms with Crippen molar-refractivity contribution in [2.75, 3.05) is 0 Å². The molecule has 0 spiro atoms. The predicted molar refractivity (Wildman–Crippen MR) is 285 cm³/mol. The smallest absolute Gasteiger partial charge is 0.160 e. The van der Waals surface area contributed by atoms with Crippen LogP contribution in [0.25, 0.3) is 98.6 Å². The van der Waals surface area contributed by atoms with Crippen LogP contribution in [-0.4, -0.2) is 9.97 Å². The molecule has 2 aromatic heterocycles. The highest BCUT2D eigenvalue weighted by atomic mass is 32.1. The fourth-order valence-corrected chi connectivity index (χ4v) is 11.9. The summed E-state index contributed by atoms with van der Waals surface area (Å²) in [5.74, 6) is 0.717. The lowest BCUT2D eigenvalue weighted by atomic mass is 9.67. The molecule has 0 atom stereocenters. The van der Waals surface area contributed by atoms with E-state index in [9.17, 15) is 0 Å². The standard InChI is InChI=1S/C65H42N2S/c1-6-20-43(21-7-1)49-41-54(44-34-36-47(37-35-44)64-66-61(46-24-10-3-11-25-46)63-62(67-64)53-31-17-19-33-59(53)68-63)60(45-22-8-2-9-23-45)55(42-49)48-38-39-58-56(40-48)52-30-16-18-32-57(52)65(58,50-26-12-4-13-27-50)51-28-14-5-15-29-51/h1-42H. The van der Waals surface area contributed by atoms with E-state index in [1.807, 2.05) is 0 Å². The summed E-state index contributed by atoms with van der Waals surface area (Å²) in [6, 6.07) is 92.7. The van der Waals surface area contributed by atoms with Crippen molar-refractivity contribution >= 4 is 31.6 Å². The fourth-order valence-electron chi connectivity index (χ4n) is 10.7. The molecule has 10 aromatic carbocycles. The molecule has 0 bridgehead atoms. The maximum absolute atomic E-state index is 5.30. The molecule has 0 N–H and O–H groups in total. The highest BCUT2D eigenvalue weighted by molar-refractivity contribution is 7.26. The molecule has 2 heterocycles. The molecule has 0 amide bonds. The van der Waals surface area contributed by atoms with E-state index in [4.69, 9.17) is 9.97 Å². The van der Waals surface area contributed by atoms with Gasteiger partial charge in [0.05, 0.1) is 21.3 Å². The lowest BCUT2D eigenvalue weighted by Crippen LogP contribution is -2.28. The van der Waals surface area contributed by atoms with Crippen LogP contribution in [0.2, 0.25) is 0 Å². The van der Waals surface area contributed by atoms with Gasteiger partial charge in [0.1, 0.15) is 0 Å². The van der Waals surface area contributed by atoms with Gasteiger partial charge in [-0.15, -0.1) is 11.3 Å².